The van der Waals surface area contributed by atoms with Gasteiger partial charge in [-0.1, -0.05) is 19.0 Å². The second kappa shape index (κ2) is 6.60. The summed E-state index contributed by atoms with van der Waals surface area (Å²) in [4.78, 5) is 14.7. The van der Waals surface area contributed by atoms with Gasteiger partial charge in [-0.05, 0) is 15.9 Å². The molecule has 1 fully saturated rings. The summed E-state index contributed by atoms with van der Waals surface area (Å²) in [6, 6.07) is 0.606. The summed E-state index contributed by atoms with van der Waals surface area (Å²) >= 11 is 3.21. The monoisotopic (exact) mass is 367 g/mol. The van der Waals surface area contributed by atoms with Gasteiger partial charge in [-0.25, -0.2) is 9.97 Å². The topological polar surface area (TPSA) is 77.2 Å². The van der Waals surface area contributed by atoms with Crippen LogP contribution in [0, 0.1) is 0 Å². The molecule has 0 atom stereocenters. The third-order valence-electron chi connectivity index (χ3n) is 3.56. The van der Waals surface area contributed by atoms with Crippen molar-refractivity contribution in [2.45, 2.75) is 38.7 Å². The summed E-state index contributed by atoms with van der Waals surface area (Å²) in [6.07, 6.45) is 5.31. The van der Waals surface area contributed by atoms with Crippen LogP contribution >= 0.6 is 15.9 Å². The second-order valence-electron chi connectivity index (χ2n) is 5.58. The first-order valence-corrected chi connectivity index (χ1v) is 8.14. The van der Waals surface area contributed by atoms with Crippen molar-refractivity contribution in [3.8, 4) is 5.75 Å². The highest BCUT2D eigenvalue weighted by molar-refractivity contribution is 9.10. The third-order valence-corrected chi connectivity index (χ3v) is 3.97. The summed E-state index contributed by atoms with van der Waals surface area (Å²) in [5.41, 5.74) is 0. The maximum absolute atomic E-state index is 5.90. The van der Waals surface area contributed by atoms with Crippen LogP contribution in [0.15, 0.2) is 21.7 Å². The smallest absolute Gasteiger partial charge is 0.324 e. The number of aromatic nitrogens is 4. The molecule has 2 aromatic rings. The molecule has 0 bridgehead atoms. The molecular formula is C14H18BrN5O2. The molecule has 3 rings (SSSR count). The van der Waals surface area contributed by atoms with E-state index in [1.54, 1.807) is 12.4 Å². The van der Waals surface area contributed by atoms with Gasteiger partial charge in [-0.3, -0.25) is 0 Å². The molecule has 8 heteroatoms. The Bertz CT molecular complexity index is 608. The molecule has 118 valence electrons. The van der Waals surface area contributed by atoms with Gasteiger partial charge >= 0.3 is 6.01 Å². The third kappa shape index (κ3) is 3.55. The van der Waals surface area contributed by atoms with Crippen molar-refractivity contribution < 1.29 is 9.26 Å². The van der Waals surface area contributed by atoms with E-state index in [-0.39, 0.29) is 12.0 Å². The summed E-state index contributed by atoms with van der Waals surface area (Å²) in [7, 11) is 0. The van der Waals surface area contributed by atoms with Gasteiger partial charge in [0, 0.05) is 31.8 Å². The summed E-state index contributed by atoms with van der Waals surface area (Å²) in [5, 5.41) is 4.01. The zero-order valence-corrected chi connectivity index (χ0v) is 14.2. The Morgan fingerprint density at radius 2 is 1.95 bits per heavy atom. The van der Waals surface area contributed by atoms with Crippen LogP contribution < -0.4 is 9.64 Å². The maximum Gasteiger partial charge on any atom is 0.324 e. The Hall–Kier alpha value is -1.70. The lowest BCUT2D eigenvalue weighted by Crippen LogP contribution is -2.38. The fourth-order valence-corrected chi connectivity index (χ4v) is 2.51. The molecule has 3 heterocycles. The van der Waals surface area contributed by atoms with Gasteiger partial charge < -0.3 is 14.2 Å². The lowest BCUT2D eigenvalue weighted by atomic mass is 10.1. The maximum atomic E-state index is 5.90. The first kappa shape index (κ1) is 15.2. The van der Waals surface area contributed by atoms with Crippen molar-refractivity contribution in [2.24, 2.45) is 0 Å². The van der Waals surface area contributed by atoms with Crippen LogP contribution in [0.25, 0.3) is 0 Å². The highest BCUT2D eigenvalue weighted by Gasteiger charge is 2.24. The number of halogens is 1. The van der Waals surface area contributed by atoms with E-state index < -0.39 is 0 Å². The van der Waals surface area contributed by atoms with Crippen LogP contribution in [0.3, 0.4) is 0 Å². The first-order valence-electron chi connectivity index (χ1n) is 7.34. The summed E-state index contributed by atoms with van der Waals surface area (Å²) in [5.74, 6) is 1.72. The number of ether oxygens (including phenoxy) is 1. The minimum Gasteiger partial charge on any atom is -0.487 e. The van der Waals surface area contributed by atoms with E-state index >= 15 is 0 Å². The second-order valence-corrected chi connectivity index (χ2v) is 6.29. The van der Waals surface area contributed by atoms with Gasteiger partial charge in [0.1, 0.15) is 6.10 Å². The largest absolute Gasteiger partial charge is 0.487 e. The van der Waals surface area contributed by atoms with Gasteiger partial charge in [-0.15, -0.1) is 0 Å². The zero-order valence-electron chi connectivity index (χ0n) is 12.6. The predicted octanol–water partition coefficient (Wildman–Crippen LogP) is 2.79. The van der Waals surface area contributed by atoms with Crippen molar-refractivity contribution >= 4 is 21.9 Å². The Morgan fingerprint density at radius 1 is 1.27 bits per heavy atom. The molecule has 0 unspecified atom stereocenters. The number of nitrogens with zero attached hydrogens (tertiary/aromatic N) is 5. The van der Waals surface area contributed by atoms with Crippen LogP contribution in [0.2, 0.25) is 0 Å². The van der Waals surface area contributed by atoms with Crippen LogP contribution in [0.5, 0.6) is 5.75 Å². The Labute approximate surface area is 137 Å². The summed E-state index contributed by atoms with van der Waals surface area (Å²) < 4.78 is 11.8. The molecule has 0 saturated carbocycles. The van der Waals surface area contributed by atoms with Crippen LogP contribution in [-0.4, -0.2) is 39.3 Å². The van der Waals surface area contributed by atoms with Crippen molar-refractivity contribution in [1.29, 1.82) is 0 Å². The van der Waals surface area contributed by atoms with Crippen LogP contribution in [0.1, 0.15) is 38.4 Å². The lowest BCUT2D eigenvalue weighted by molar-refractivity contribution is 0.167. The summed E-state index contributed by atoms with van der Waals surface area (Å²) in [6.45, 7) is 5.77. The minimum absolute atomic E-state index is 0.161. The first-order chi connectivity index (χ1) is 10.6. The van der Waals surface area contributed by atoms with Crippen LogP contribution in [0.4, 0.5) is 6.01 Å². The van der Waals surface area contributed by atoms with E-state index in [0.717, 1.165) is 31.8 Å². The fourth-order valence-electron chi connectivity index (χ4n) is 2.31. The SMILES string of the molecule is CC(C)c1noc(N2CCC(Oc3cnc(Br)nc3)CC2)n1. The Kier molecular flexibility index (Phi) is 4.56. The van der Waals surface area contributed by atoms with Crippen LogP contribution in [-0.2, 0) is 0 Å². The molecular weight excluding hydrogens is 350 g/mol. The number of piperidine rings is 1. The standard InChI is InChI=1S/C14H18BrN5O2/c1-9(2)12-18-14(22-19-12)20-5-3-10(4-6-20)21-11-7-16-13(15)17-8-11/h7-10H,3-6H2,1-2H3. The Balaban J connectivity index is 1.54. The molecule has 0 aromatic carbocycles. The van der Waals surface area contributed by atoms with E-state index in [2.05, 4.69) is 54.8 Å². The van der Waals surface area contributed by atoms with Crippen molar-refractivity contribution in [3.63, 3.8) is 0 Å². The van der Waals surface area contributed by atoms with Crippen molar-refractivity contribution in [2.75, 3.05) is 18.0 Å². The average Bonchev–Trinajstić information content (AvgIpc) is 3.00. The van der Waals surface area contributed by atoms with Gasteiger partial charge in [-0.2, -0.15) is 4.98 Å². The van der Waals surface area contributed by atoms with E-state index in [0.29, 0.717) is 16.5 Å². The molecule has 2 aromatic heterocycles. The number of rotatable bonds is 4. The highest BCUT2D eigenvalue weighted by Crippen LogP contribution is 2.23. The van der Waals surface area contributed by atoms with Gasteiger partial charge in [0.15, 0.2) is 16.3 Å². The highest BCUT2D eigenvalue weighted by atomic mass is 79.9. The lowest BCUT2D eigenvalue weighted by Gasteiger charge is -2.30. The molecule has 0 aliphatic carbocycles. The average molecular weight is 368 g/mol. The molecule has 1 aliphatic heterocycles. The number of anilines is 1. The van der Waals surface area contributed by atoms with Crippen molar-refractivity contribution in [3.05, 3.63) is 23.0 Å². The molecule has 0 N–H and O–H groups in total. The van der Waals surface area contributed by atoms with Gasteiger partial charge in [0.05, 0.1) is 12.4 Å². The van der Waals surface area contributed by atoms with E-state index in [1.807, 2.05) is 0 Å². The molecule has 1 aliphatic rings. The molecule has 0 spiro atoms. The van der Waals surface area contributed by atoms with E-state index in [1.165, 1.54) is 0 Å². The Morgan fingerprint density at radius 3 is 2.55 bits per heavy atom. The molecule has 0 amide bonds. The predicted molar refractivity (Wildman–Crippen MR) is 84.0 cm³/mol. The molecule has 1 saturated heterocycles. The number of hydrogen-bond acceptors (Lipinski definition) is 7. The van der Waals surface area contributed by atoms with E-state index in [9.17, 15) is 0 Å². The molecule has 0 radical (unpaired) electrons. The quantitative estimate of drug-likeness (QED) is 0.768. The normalized spacial score (nSPS) is 16.3. The molecule has 7 nitrogen and oxygen atoms in total. The van der Waals surface area contributed by atoms with Gasteiger partial charge in [0.2, 0.25) is 0 Å². The number of hydrogen-bond donors (Lipinski definition) is 0. The zero-order chi connectivity index (χ0) is 15.5. The molecule has 22 heavy (non-hydrogen) atoms. The van der Waals surface area contributed by atoms with Crippen molar-refractivity contribution in [1.82, 2.24) is 20.1 Å². The van der Waals surface area contributed by atoms with E-state index in [4.69, 9.17) is 9.26 Å². The minimum atomic E-state index is 0.161. The fraction of sp³-hybridized carbons (Fsp3) is 0.571. The van der Waals surface area contributed by atoms with Gasteiger partial charge in [0.25, 0.3) is 0 Å².